The van der Waals surface area contributed by atoms with Gasteiger partial charge in [-0.2, -0.15) is 0 Å². The highest BCUT2D eigenvalue weighted by atomic mass is 32.2. The molecule has 0 bridgehead atoms. The van der Waals surface area contributed by atoms with E-state index in [0.29, 0.717) is 24.8 Å². The van der Waals surface area contributed by atoms with E-state index in [2.05, 4.69) is 25.5 Å². The number of benzene rings is 1. The number of ether oxygens (including phenoxy) is 1. The highest BCUT2D eigenvalue weighted by Crippen LogP contribution is 2.25. The van der Waals surface area contributed by atoms with Gasteiger partial charge in [0, 0.05) is 44.0 Å². The molecule has 4 rings (SSSR count). The first-order valence-corrected chi connectivity index (χ1v) is 12.2. The van der Waals surface area contributed by atoms with Crippen LogP contribution in [0.25, 0.3) is 0 Å². The van der Waals surface area contributed by atoms with E-state index in [4.69, 9.17) is 4.74 Å². The fraction of sp³-hybridized carbons (Fsp3) is 0.450. The van der Waals surface area contributed by atoms with E-state index >= 15 is 0 Å². The molecule has 1 N–H and O–H groups in total. The average Bonchev–Trinajstić information content (AvgIpc) is 3.45. The number of nitrogens with zero attached hydrogens (tertiary/aromatic N) is 6. The fourth-order valence-corrected chi connectivity index (χ4v) is 5.16. The number of piperidine rings is 1. The molecule has 2 aromatic heterocycles. The van der Waals surface area contributed by atoms with Crippen LogP contribution in [0.2, 0.25) is 0 Å². The summed E-state index contributed by atoms with van der Waals surface area (Å²) in [6, 6.07) is 7.75. The Bertz CT molecular complexity index is 954. The molecule has 11 heteroatoms. The molecule has 9 nitrogen and oxygen atoms in total. The topological polar surface area (TPSA) is 102 Å². The van der Waals surface area contributed by atoms with E-state index in [-0.39, 0.29) is 6.09 Å². The third-order valence-corrected chi connectivity index (χ3v) is 7.28. The fourth-order valence-electron chi connectivity index (χ4n) is 3.30. The van der Waals surface area contributed by atoms with Crippen LogP contribution in [-0.4, -0.2) is 65.8 Å². The van der Waals surface area contributed by atoms with E-state index in [0.717, 1.165) is 41.1 Å². The number of carbonyl (C=O) groups is 1. The number of H-pyrrole nitrogens is 1. The molecule has 0 saturated carbocycles. The number of carbonyl (C=O) groups excluding carboxylic acids is 1. The van der Waals surface area contributed by atoms with E-state index in [1.54, 1.807) is 39.3 Å². The first kappa shape index (κ1) is 21.7. The van der Waals surface area contributed by atoms with Crippen molar-refractivity contribution in [3.8, 4) is 5.75 Å². The number of aromatic amines is 1. The molecular formula is C20H25N7O2S2. The number of imidazole rings is 1. The lowest BCUT2D eigenvalue weighted by Crippen LogP contribution is -2.40. The Labute approximate surface area is 189 Å². The number of amides is 1. The number of aryl methyl sites for hydroxylation is 2. The van der Waals surface area contributed by atoms with Gasteiger partial charge in [0.25, 0.3) is 0 Å². The van der Waals surface area contributed by atoms with Gasteiger partial charge in [-0.15, -0.1) is 5.10 Å². The summed E-state index contributed by atoms with van der Waals surface area (Å²) in [4.78, 5) is 21.6. The van der Waals surface area contributed by atoms with Crippen LogP contribution in [0, 0.1) is 5.92 Å². The van der Waals surface area contributed by atoms with Gasteiger partial charge in [0.05, 0.1) is 0 Å². The third kappa shape index (κ3) is 6.23. The second kappa shape index (κ2) is 10.7. The van der Waals surface area contributed by atoms with Crippen LogP contribution in [0.15, 0.2) is 47.0 Å². The number of aromatic nitrogens is 6. The van der Waals surface area contributed by atoms with Crippen molar-refractivity contribution in [1.29, 1.82) is 0 Å². The molecule has 1 aliphatic rings. The predicted octanol–water partition coefficient (Wildman–Crippen LogP) is 3.27. The minimum absolute atomic E-state index is 0.273. The normalized spacial score (nSPS) is 14.7. The summed E-state index contributed by atoms with van der Waals surface area (Å²) in [5, 5.41) is 13.3. The molecule has 1 aliphatic heterocycles. The average molecular weight is 460 g/mol. The summed E-state index contributed by atoms with van der Waals surface area (Å²) >= 11 is 3.35. The maximum absolute atomic E-state index is 12.5. The molecule has 164 valence electrons. The highest BCUT2D eigenvalue weighted by Gasteiger charge is 2.24. The van der Waals surface area contributed by atoms with Gasteiger partial charge in [-0.25, -0.2) is 14.5 Å². The van der Waals surface area contributed by atoms with Gasteiger partial charge in [-0.3, -0.25) is 0 Å². The van der Waals surface area contributed by atoms with Gasteiger partial charge in [-0.05, 0) is 53.3 Å². The number of nitrogens with one attached hydrogen (secondary N) is 1. The second-order valence-electron chi connectivity index (χ2n) is 7.33. The zero-order valence-electron chi connectivity index (χ0n) is 17.3. The molecule has 0 unspecified atom stereocenters. The van der Waals surface area contributed by atoms with Gasteiger partial charge < -0.3 is 14.6 Å². The van der Waals surface area contributed by atoms with Gasteiger partial charge in [-0.1, -0.05) is 35.7 Å². The summed E-state index contributed by atoms with van der Waals surface area (Å²) in [5.74, 6) is 3.02. The Balaban J connectivity index is 1.17. The Morgan fingerprint density at radius 3 is 2.71 bits per heavy atom. The SMILES string of the molecule is Cn1nnnc1SCC1CCN(C(=O)Oc2ccc(CCSc3ncc[nH]3)cc2)CC1. The summed E-state index contributed by atoms with van der Waals surface area (Å²) < 4.78 is 7.25. The van der Waals surface area contributed by atoms with Crippen molar-refractivity contribution in [3.05, 3.63) is 42.2 Å². The molecule has 0 radical (unpaired) electrons. The van der Waals surface area contributed by atoms with Crippen LogP contribution in [0.4, 0.5) is 4.79 Å². The van der Waals surface area contributed by atoms with Crippen LogP contribution in [0.1, 0.15) is 18.4 Å². The lowest BCUT2D eigenvalue weighted by atomic mass is 9.99. The largest absolute Gasteiger partial charge is 0.415 e. The van der Waals surface area contributed by atoms with E-state index in [9.17, 15) is 4.79 Å². The first-order chi connectivity index (χ1) is 15.2. The van der Waals surface area contributed by atoms with Crippen LogP contribution >= 0.6 is 23.5 Å². The first-order valence-electron chi connectivity index (χ1n) is 10.2. The molecule has 0 spiro atoms. The summed E-state index contributed by atoms with van der Waals surface area (Å²) in [7, 11) is 1.84. The summed E-state index contributed by atoms with van der Waals surface area (Å²) in [6.45, 7) is 1.42. The van der Waals surface area contributed by atoms with Crippen LogP contribution < -0.4 is 4.74 Å². The number of hydrogen-bond acceptors (Lipinski definition) is 8. The van der Waals surface area contributed by atoms with E-state index in [1.165, 1.54) is 5.56 Å². The van der Waals surface area contributed by atoms with Crippen molar-refractivity contribution in [2.24, 2.45) is 13.0 Å². The Hall–Kier alpha value is -2.53. The number of thioether (sulfide) groups is 2. The molecule has 3 aromatic rings. The second-order valence-corrected chi connectivity index (χ2v) is 9.40. The van der Waals surface area contributed by atoms with Gasteiger partial charge in [0.2, 0.25) is 5.16 Å². The minimum Gasteiger partial charge on any atom is -0.410 e. The zero-order chi connectivity index (χ0) is 21.5. The molecule has 1 fully saturated rings. The minimum atomic E-state index is -0.273. The maximum Gasteiger partial charge on any atom is 0.415 e. The molecule has 0 aliphatic carbocycles. The van der Waals surface area contributed by atoms with Crippen molar-refractivity contribution < 1.29 is 9.53 Å². The van der Waals surface area contributed by atoms with Gasteiger partial charge >= 0.3 is 6.09 Å². The smallest absolute Gasteiger partial charge is 0.410 e. The highest BCUT2D eigenvalue weighted by molar-refractivity contribution is 7.99. The van der Waals surface area contributed by atoms with Crippen molar-refractivity contribution in [2.45, 2.75) is 29.6 Å². The number of tetrazole rings is 1. The van der Waals surface area contributed by atoms with Crippen molar-refractivity contribution in [3.63, 3.8) is 0 Å². The Kier molecular flexibility index (Phi) is 7.47. The molecule has 31 heavy (non-hydrogen) atoms. The van der Waals surface area contributed by atoms with Crippen LogP contribution in [0.5, 0.6) is 5.75 Å². The van der Waals surface area contributed by atoms with Crippen molar-refractivity contribution in [1.82, 2.24) is 35.1 Å². The molecule has 1 aromatic carbocycles. The molecule has 1 amide bonds. The standard InChI is InChI=1S/C20H25N7O2S2/c1-26-19(23-24-25-26)31-14-16-6-11-27(12-7-16)20(28)29-17-4-2-15(3-5-17)8-13-30-18-21-9-10-22-18/h2-5,9-10,16H,6-8,11-14H2,1H3,(H,21,22). The van der Waals surface area contributed by atoms with E-state index in [1.807, 2.05) is 37.5 Å². The predicted molar refractivity (Wildman–Crippen MR) is 119 cm³/mol. The van der Waals surface area contributed by atoms with Crippen LogP contribution in [0.3, 0.4) is 0 Å². The molecular weight excluding hydrogens is 434 g/mol. The number of likely N-dealkylation sites (tertiary alicyclic amines) is 1. The van der Waals surface area contributed by atoms with E-state index < -0.39 is 0 Å². The Morgan fingerprint density at radius 2 is 2.03 bits per heavy atom. The maximum atomic E-state index is 12.5. The van der Waals surface area contributed by atoms with Crippen molar-refractivity contribution in [2.75, 3.05) is 24.6 Å². The third-order valence-electron chi connectivity index (χ3n) is 5.13. The van der Waals surface area contributed by atoms with Gasteiger partial charge in [0.15, 0.2) is 5.16 Å². The molecule has 1 saturated heterocycles. The zero-order valence-corrected chi connectivity index (χ0v) is 18.9. The van der Waals surface area contributed by atoms with Gasteiger partial charge in [0.1, 0.15) is 5.75 Å². The lowest BCUT2D eigenvalue weighted by molar-refractivity contribution is 0.134. The summed E-state index contributed by atoms with van der Waals surface area (Å²) in [6.07, 6.45) is 6.15. The molecule has 3 heterocycles. The van der Waals surface area contributed by atoms with Crippen molar-refractivity contribution >= 4 is 29.6 Å². The monoisotopic (exact) mass is 459 g/mol. The number of rotatable bonds is 8. The lowest BCUT2D eigenvalue weighted by Gasteiger charge is -2.30. The number of hydrogen-bond donors (Lipinski definition) is 1. The Morgan fingerprint density at radius 1 is 1.23 bits per heavy atom. The quantitative estimate of drug-likeness (QED) is 0.512. The summed E-state index contributed by atoms with van der Waals surface area (Å²) in [5.41, 5.74) is 1.20. The van der Waals surface area contributed by atoms with Crippen LogP contribution in [-0.2, 0) is 13.5 Å². The molecule has 0 atom stereocenters.